The van der Waals surface area contributed by atoms with Gasteiger partial charge in [-0.1, -0.05) is 13.8 Å². The third-order valence-corrected chi connectivity index (χ3v) is 3.24. The summed E-state index contributed by atoms with van der Waals surface area (Å²) in [4.78, 5) is 12.0. The summed E-state index contributed by atoms with van der Waals surface area (Å²) in [5.74, 6) is 1.44. The highest BCUT2D eigenvalue weighted by Gasteiger charge is 2.22. The van der Waals surface area contributed by atoms with Crippen LogP contribution in [0.1, 0.15) is 33.3 Å². The lowest BCUT2D eigenvalue weighted by molar-refractivity contribution is -0.115. The Balaban J connectivity index is 2.14. The maximum Gasteiger partial charge on any atom is 0.238 e. The van der Waals surface area contributed by atoms with Crippen molar-refractivity contribution in [1.82, 2.24) is 5.32 Å². The molecule has 2 rings (SSSR count). The summed E-state index contributed by atoms with van der Waals surface area (Å²) in [6.45, 7) is 8.80. The van der Waals surface area contributed by atoms with Crippen molar-refractivity contribution in [3.05, 3.63) is 17.7 Å². The van der Waals surface area contributed by atoms with Gasteiger partial charge >= 0.3 is 0 Å². The zero-order chi connectivity index (χ0) is 15.4. The van der Waals surface area contributed by atoms with E-state index in [1.165, 1.54) is 0 Å². The molecule has 5 nitrogen and oxygen atoms in total. The predicted octanol–water partition coefficient (Wildman–Crippen LogP) is 2.35. The second kappa shape index (κ2) is 6.80. The maximum atomic E-state index is 12.0. The number of carbonyl (C=O) groups excluding carboxylic acids is 1. The topological polar surface area (TPSA) is 59.6 Å². The van der Waals surface area contributed by atoms with Crippen LogP contribution in [0.2, 0.25) is 0 Å². The second-order valence-electron chi connectivity index (χ2n) is 5.61. The first-order valence-electron chi connectivity index (χ1n) is 7.49. The van der Waals surface area contributed by atoms with Gasteiger partial charge in [-0.2, -0.15) is 0 Å². The minimum atomic E-state index is -0.0874. The Morgan fingerprint density at radius 3 is 2.90 bits per heavy atom. The lowest BCUT2D eigenvalue weighted by Crippen LogP contribution is -2.32. The molecule has 1 unspecified atom stereocenters. The summed E-state index contributed by atoms with van der Waals surface area (Å²) in [7, 11) is 0. The van der Waals surface area contributed by atoms with Crippen molar-refractivity contribution in [3.8, 4) is 11.5 Å². The molecule has 2 N–H and O–H groups in total. The largest absolute Gasteiger partial charge is 0.492 e. The molecule has 0 radical (unpaired) electrons. The van der Waals surface area contributed by atoms with Crippen molar-refractivity contribution >= 4 is 11.6 Å². The molecule has 0 aromatic heterocycles. The van der Waals surface area contributed by atoms with Crippen LogP contribution in [0.3, 0.4) is 0 Å². The first-order valence-corrected chi connectivity index (χ1v) is 7.49. The van der Waals surface area contributed by atoms with Gasteiger partial charge in [0.1, 0.15) is 17.6 Å². The summed E-state index contributed by atoms with van der Waals surface area (Å²) < 4.78 is 11.4. The molecule has 0 aliphatic carbocycles. The number of carbonyl (C=O) groups is 1. The van der Waals surface area contributed by atoms with Crippen LogP contribution in [-0.2, 0) is 11.2 Å². The van der Waals surface area contributed by atoms with E-state index in [2.05, 4.69) is 10.6 Å². The van der Waals surface area contributed by atoms with Gasteiger partial charge < -0.3 is 20.1 Å². The van der Waals surface area contributed by atoms with Gasteiger partial charge in [-0.3, -0.25) is 4.79 Å². The predicted molar refractivity (Wildman–Crippen MR) is 83.2 cm³/mol. The molecular formula is C16H24N2O3. The van der Waals surface area contributed by atoms with E-state index in [0.29, 0.717) is 18.0 Å². The molecule has 116 valence electrons. The number of rotatable bonds is 6. The Kier molecular flexibility index (Phi) is 5.07. The number of nitrogens with one attached hydrogen (secondary N) is 2. The highest BCUT2D eigenvalue weighted by Crippen LogP contribution is 2.37. The summed E-state index contributed by atoms with van der Waals surface area (Å²) >= 11 is 0. The van der Waals surface area contributed by atoms with E-state index in [4.69, 9.17) is 9.47 Å². The molecule has 1 aliphatic rings. The Morgan fingerprint density at radius 2 is 2.24 bits per heavy atom. The van der Waals surface area contributed by atoms with E-state index in [1.54, 1.807) is 0 Å². The Bertz CT molecular complexity index is 514. The molecule has 0 saturated carbocycles. The molecule has 1 heterocycles. The minimum Gasteiger partial charge on any atom is -0.492 e. The van der Waals surface area contributed by atoms with E-state index in [-0.39, 0.29) is 24.6 Å². The SMILES string of the molecule is CCOc1cc2c(cc1NC(=O)CNC(C)C)OC(C)C2. The summed E-state index contributed by atoms with van der Waals surface area (Å²) in [5, 5.41) is 5.98. The van der Waals surface area contributed by atoms with Crippen molar-refractivity contribution in [3.63, 3.8) is 0 Å². The van der Waals surface area contributed by atoms with Crippen LogP contribution < -0.4 is 20.1 Å². The van der Waals surface area contributed by atoms with Crippen molar-refractivity contribution < 1.29 is 14.3 Å². The molecule has 1 aromatic carbocycles. The number of amides is 1. The van der Waals surface area contributed by atoms with Gasteiger partial charge in [-0.05, 0) is 19.9 Å². The normalized spacial score (nSPS) is 16.5. The molecule has 0 saturated heterocycles. The van der Waals surface area contributed by atoms with Crippen LogP contribution in [0.5, 0.6) is 11.5 Å². The first kappa shape index (κ1) is 15.6. The van der Waals surface area contributed by atoms with E-state index < -0.39 is 0 Å². The van der Waals surface area contributed by atoms with Crippen molar-refractivity contribution in [2.24, 2.45) is 0 Å². The number of benzene rings is 1. The molecule has 1 amide bonds. The Labute approximate surface area is 126 Å². The average Bonchev–Trinajstić information content (AvgIpc) is 2.76. The second-order valence-corrected chi connectivity index (χ2v) is 5.61. The van der Waals surface area contributed by atoms with Crippen LogP contribution in [0.4, 0.5) is 5.69 Å². The number of hydrogen-bond acceptors (Lipinski definition) is 4. The first-order chi connectivity index (χ1) is 9.99. The molecular weight excluding hydrogens is 268 g/mol. The van der Waals surface area contributed by atoms with E-state index >= 15 is 0 Å². The summed E-state index contributed by atoms with van der Waals surface area (Å²) in [5.41, 5.74) is 1.80. The van der Waals surface area contributed by atoms with Gasteiger partial charge in [0.25, 0.3) is 0 Å². The number of anilines is 1. The molecule has 0 bridgehead atoms. The van der Waals surface area contributed by atoms with Gasteiger partial charge in [0.15, 0.2) is 0 Å². The van der Waals surface area contributed by atoms with Gasteiger partial charge in [0.2, 0.25) is 5.91 Å². The summed E-state index contributed by atoms with van der Waals surface area (Å²) in [6, 6.07) is 4.09. The fraction of sp³-hybridized carbons (Fsp3) is 0.562. The van der Waals surface area contributed by atoms with Crippen molar-refractivity contribution in [2.75, 3.05) is 18.5 Å². The van der Waals surface area contributed by atoms with E-state index in [1.807, 2.05) is 39.8 Å². The highest BCUT2D eigenvalue weighted by atomic mass is 16.5. The van der Waals surface area contributed by atoms with Crippen LogP contribution in [0.25, 0.3) is 0 Å². The van der Waals surface area contributed by atoms with Gasteiger partial charge in [-0.25, -0.2) is 0 Å². The number of fused-ring (bicyclic) bond motifs is 1. The number of ether oxygens (including phenoxy) is 2. The van der Waals surface area contributed by atoms with Crippen molar-refractivity contribution in [1.29, 1.82) is 0 Å². The van der Waals surface area contributed by atoms with Gasteiger partial charge in [0, 0.05) is 24.1 Å². The Morgan fingerprint density at radius 1 is 1.48 bits per heavy atom. The van der Waals surface area contributed by atoms with Gasteiger partial charge in [-0.15, -0.1) is 0 Å². The van der Waals surface area contributed by atoms with Crippen LogP contribution in [0, 0.1) is 0 Å². The lowest BCUT2D eigenvalue weighted by atomic mass is 10.1. The molecule has 5 heteroatoms. The lowest BCUT2D eigenvalue weighted by Gasteiger charge is -2.14. The summed E-state index contributed by atoms with van der Waals surface area (Å²) in [6.07, 6.45) is 1.04. The molecule has 1 aromatic rings. The van der Waals surface area contributed by atoms with Crippen LogP contribution >= 0.6 is 0 Å². The molecule has 1 aliphatic heterocycles. The standard InChI is InChI=1S/C16H24N2O3/c1-5-20-15-7-12-6-11(4)21-14(12)8-13(15)18-16(19)9-17-10(2)3/h7-8,10-11,17H,5-6,9H2,1-4H3,(H,18,19). The quantitative estimate of drug-likeness (QED) is 0.845. The molecule has 0 spiro atoms. The number of hydrogen-bond donors (Lipinski definition) is 2. The third-order valence-electron chi connectivity index (χ3n) is 3.24. The molecule has 1 atom stereocenters. The zero-order valence-electron chi connectivity index (χ0n) is 13.2. The van der Waals surface area contributed by atoms with E-state index in [9.17, 15) is 4.79 Å². The monoisotopic (exact) mass is 292 g/mol. The fourth-order valence-corrected chi connectivity index (χ4v) is 2.30. The zero-order valence-corrected chi connectivity index (χ0v) is 13.2. The molecule has 21 heavy (non-hydrogen) atoms. The molecule has 0 fully saturated rings. The third kappa shape index (κ3) is 4.11. The van der Waals surface area contributed by atoms with E-state index in [0.717, 1.165) is 17.7 Å². The minimum absolute atomic E-state index is 0.0874. The maximum absolute atomic E-state index is 12.0. The average molecular weight is 292 g/mol. The smallest absolute Gasteiger partial charge is 0.238 e. The Hall–Kier alpha value is -1.75. The van der Waals surface area contributed by atoms with Crippen LogP contribution in [0.15, 0.2) is 12.1 Å². The fourth-order valence-electron chi connectivity index (χ4n) is 2.30. The van der Waals surface area contributed by atoms with Gasteiger partial charge in [0.05, 0.1) is 18.8 Å². The highest BCUT2D eigenvalue weighted by molar-refractivity contribution is 5.94. The van der Waals surface area contributed by atoms with Crippen LogP contribution in [-0.4, -0.2) is 31.2 Å². The van der Waals surface area contributed by atoms with Crippen molar-refractivity contribution in [2.45, 2.75) is 46.3 Å².